The van der Waals surface area contributed by atoms with E-state index in [9.17, 15) is 9.59 Å². The molecule has 0 radical (unpaired) electrons. The van der Waals surface area contributed by atoms with Crippen molar-refractivity contribution in [2.75, 3.05) is 26.3 Å². The van der Waals surface area contributed by atoms with Gasteiger partial charge in [-0.2, -0.15) is 0 Å². The first kappa shape index (κ1) is 14.9. The van der Waals surface area contributed by atoms with Gasteiger partial charge in [-0.25, -0.2) is 0 Å². The lowest BCUT2D eigenvalue weighted by molar-refractivity contribution is -0.125. The molecule has 0 aromatic rings. The lowest BCUT2D eigenvalue weighted by atomic mass is 10.0. The van der Waals surface area contributed by atoms with Crippen molar-refractivity contribution in [3.63, 3.8) is 0 Å². The first-order chi connectivity index (χ1) is 8.65. The average molecular weight is 257 g/mol. The maximum absolute atomic E-state index is 11.9. The summed E-state index contributed by atoms with van der Waals surface area (Å²) >= 11 is 0. The Balaban J connectivity index is 2.24. The summed E-state index contributed by atoms with van der Waals surface area (Å²) in [6.07, 6.45) is 1.92. The SMILES string of the molecule is CCCNC1COCC1C(=O)NCCCC(N)=O. The van der Waals surface area contributed by atoms with Crippen LogP contribution in [-0.4, -0.2) is 44.2 Å². The molecule has 6 heteroatoms. The molecule has 2 unspecified atom stereocenters. The van der Waals surface area contributed by atoms with E-state index in [0.717, 1.165) is 13.0 Å². The van der Waals surface area contributed by atoms with Gasteiger partial charge in [0.2, 0.25) is 11.8 Å². The van der Waals surface area contributed by atoms with Gasteiger partial charge in [0.15, 0.2) is 0 Å². The molecule has 1 aliphatic heterocycles. The Morgan fingerprint density at radius 2 is 2.11 bits per heavy atom. The Kier molecular flexibility index (Phi) is 6.67. The number of carbonyl (C=O) groups excluding carboxylic acids is 2. The number of rotatable bonds is 8. The third-order valence-corrected chi connectivity index (χ3v) is 2.97. The smallest absolute Gasteiger partial charge is 0.227 e. The molecule has 1 heterocycles. The van der Waals surface area contributed by atoms with Crippen LogP contribution in [0.5, 0.6) is 0 Å². The second-order valence-corrected chi connectivity index (χ2v) is 4.57. The standard InChI is InChI=1S/C12H23N3O3/c1-2-5-14-10-8-18-7-9(10)12(17)15-6-3-4-11(13)16/h9-10,14H,2-8H2,1H3,(H2,13,16)(H,15,17). The molecule has 1 rings (SSSR count). The summed E-state index contributed by atoms with van der Waals surface area (Å²) in [6.45, 7) is 4.50. The third kappa shape index (κ3) is 5.01. The number of carbonyl (C=O) groups is 2. The van der Waals surface area contributed by atoms with E-state index in [1.54, 1.807) is 0 Å². The van der Waals surface area contributed by atoms with E-state index in [1.807, 2.05) is 0 Å². The van der Waals surface area contributed by atoms with Crippen molar-refractivity contribution >= 4 is 11.8 Å². The van der Waals surface area contributed by atoms with Crippen molar-refractivity contribution in [3.05, 3.63) is 0 Å². The second-order valence-electron chi connectivity index (χ2n) is 4.57. The van der Waals surface area contributed by atoms with Crippen molar-refractivity contribution in [1.29, 1.82) is 0 Å². The van der Waals surface area contributed by atoms with Crippen LogP contribution < -0.4 is 16.4 Å². The molecule has 1 aliphatic rings. The van der Waals surface area contributed by atoms with Crippen LogP contribution in [0.4, 0.5) is 0 Å². The molecule has 18 heavy (non-hydrogen) atoms. The Labute approximate surface area is 108 Å². The second kappa shape index (κ2) is 8.05. The van der Waals surface area contributed by atoms with E-state index >= 15 is 0 Å². The lowest BCUT2D eigenvalue weighted by Gasteiger charge is -2.18. The van der Waals surface area contributed by atoms with Crippen molar-refractivity contribution < 1.29 is 14.3 Å². The minimum Gasteiger partial charge on any atom is -0.379 e. The predicted octanol–water partition coefficient (Wildman–Crippen LogP) is -0.617. The molecule has 2 amide bonds. The fourth-order valence-corrected chi connectivity index (χ4v) is 1.95. The molecular formula is C12H23N3O3. The van der Waals surface area contributed by atoms with Crippen LogP contribution in [0, 0.1) is 5.92 Å². The summed E-state index contributed by atoms with van der Waals surface area (Å²) in [5.74, 6) is -0.480. The fraction of sp³-hybridized carbons (Fsp3) is 0.833. The molecule has 0 saturated carbocycles. The number of hydrogen-bond donors (Lipinski definition) is 3. The van der Waals surface area contributed by atoms with Gasteiger partial charge in [0.25, 0.3) is 0 Å². The highest BCUT2D eigenvalue weighted by Gasteiger charge is 2.33. The van der Waals surface area contributed by atoms with Gasteiger partial charge in [-0.15, -0.1) is 0 Å². The van der Waals surface area contributed by atoms with Gasteiger partial charge >= 0.3 is 0 Å². The van der Waals surface area contributed by atoms with Gasteiger partial charge in [0.1, 0.15) is 0 Å². The Morgan fingerprint density at radius 1 is 1.33 bits per heavy atom. The highest BCUT2D eigenvalue weighted by atomic mass is 16.5. The van der Waals surface area contributed by atoms with Crippen LogP contribution in [0.1, 0.15) is 26.2 Å². The maximum atomic E-state index is 11.9. The molecule has 4 N–H and O–H groups in total. The summed E-state index contributed by atoms with van der Waals surface area (Å²) in [5.41, 5.74) is 5.03. The number of hydrogen-bond acceptors (Lipinski definition) is 4. The monoisotopic (exact) mass is 257 g/mol. The molecule has 0 spiro atoms. The fourth-order valence-electron chi connectivity index (χ4n) is 1.95. The molecule has 1 fully saturated rings. The van der Waals surface area contributed by atoms with Crippen molar-refractivity contribution in [1.82, 2.24) is 10.6 Å². The molecule has 2 atom stereocenters. The minimum atomic E-state index is -0.337. The number of nitrogens with one attached hydrogen (secondary N) is 2. The van der Waals surface area contributed by atoms with Crippen LogP contribution >= 0.6 is 0 Å². The van der Waals surface area contributed by atoms with Crippen molar-refractivity contribution in [3.8, 4) is 0 Å². The van der Waals surface area contributed by atoms with Crippen LogP contribution in [0.2, 0.25) is 0 Å². The summed E-state index contributed by atoms with van der Waals surface area (Å²) in [5, 5.41) is 6.13. The van der Waals surface area contributed by atoms with E-state index in [2.05, 4.69) is 17.6 Å². The molecule has 6 nitrogen and oxygen atoms in total. The third-order valence-electron chi connectivity index (χ3n) is 2.97. The molecule has 1 saturated heterocycles. The minimum absolute atomic E-state index is 0.00873. The zero-order valence-corrected chi connectivity index (χ0v) is 10.9. The Morgan fingerprint density at radius 3 is 2.78 bits per heavy atom. The van der Waals surface area contributed by atoms with Crippen LogP contribution in [0.3, 0.4) is 0 Å². The molecule has 0 aromatic heterocycles. The normalized spacial score (nSPS) is 22.9. The Bertz CT molecular complexity index is 284. The van der Waals surface area contributed by atoms with Gasteiger partial charge in [-0.05, 0) is 19.4 Å². The van der Waals surface area contributed by atoms with E-state index in [-0.39, 0.29) is 23.8 Å². The van der Waals surface area contributed by atoms with Crippen molar-refractivity contribution in [2.45, 2.75) is 32.2 Å². The first-order valence-corrected chi connectivity index (χ1v) is 6.52. The van der Waals surface area contributed by atoms with Crippen LogP contribution in [0.15, 0.2) is 0 Å². The molecule has 0 aromatic carbocycles. The quantitative estimate of drug-likeness (QED) is 0.505. The first-order valence-electron chi connectivity index (χ1n) is 6.52. The lowest BCUT2D eigenvalue weighted by Crippen LogP contribution is -2.44. The summed E-state index contributed by atoms with van der Waals surface area (Å²) in [4.78, 5) is 22.5. The van der Waals surface area contributed by atoms with Crippen molar-refractivity contribution in [2.24, 2.45) is 11.7 Å². The van der Waals surface area contributed by atoms with Gasteiger partial charge in [-0.1, -0.05) is 6.92 Å². The highest BCUT2D eigenvalue weighted by molar-refractivity contribution is 5.80. The average Bonchev–Trinajstić information content (AvgIpc) is 2.79. The summed E-state index contributed by atoms with van der Waals surface area (Å²) < 4.78 is 5.33. The van der Waals surface area contributed by atoms with E-state index in [4.69, 9.17) is 10.5 Å². The maximum Gasteiger partial charge on any atom is 0.227 e. The number of primary amides is 1. The topological polar surface area (TPSA) is 93.4 Å². The number of nitrogens with two attached hydrogens (primary N) is 1. The number of amides is 2. The number of ether oxygens (including phenoxy) is 1. The van der Waals surface area contributed by atoms with Crippen LogP contribution in [0.25, 0.3) is 0 Å². The van der Waals surface area contributed by atoms with Crippen LogP contribution in [-0.2, 0) is 14.3 Å². The van der Waals surface area contributed by atoms with Gasteiger partial charge in [0.05, 0.1) is 19.1 Å². The molecule has 0 bridgehead atoms. The summed E-state index contributed by atoms with van der Waals surface area (Å²) in [7, 11) is 0. The Hall–Kier alpha value is -1.14. The largest absolute Gasteiger partial charge is 0.379 e. The van der Waals surface area contributed by atoms with E-state index in [1.165, 1.54) is 0 Å². The van der Waals surface area contributed by atoms with E-state index < -0.39 is 0 Å². The van der Waals surface area contributed by atoms with E-state index in [0.29, 0.717) is 32.6 Å². The van der Waals surface area contributed by atoms with Gasteiger partial charge in [0, 0.05) is 19.0 Å². The predicted molar refractivity (Wildman–Crippen MR) is 67.8 cm³/mol. The van der Waals surface area contributed by atoms with Gasteiger partial charge < -0.3 is 21.1 Å². The zero-order chi connectivity index (χ0) is 13.4. The molecule has 104 valence electrons. The highest BCUT2D eigenvalue weighted by Crippen LogP contribution is 2.13. The summed E-state index contributed by atoms with van der Waals surface area (Å²) in [6, 6.07) is 0.0982. The zero-order valence-electron chi connectivity index (χ0n) is 10.9. The van der Waals surface area contributed by atoms with Gasteiger partial charge in [-0.3, -0.25) is 9.59 Å². The molecular weight excluding hydrogens is 234 g/mol. The molecule has 0 aliphatic carbocycles.